The van der Waals surface area contributed by atoms with E-state index < -0.39 is 0 Å². The summed E-state index contributed by atoms with van der Waals surface area (Å²) in [4.78, 5) is 2.75. The third-order valence-corrected chi connectivity index (χ3v) is 5.26. The summed E-state index contributed by atoms with van der Waals surface area (Å²) >= 11 is 1.91. The van der Waals surface area contributed by atoms with E-state index in [0.717, 1.165) is 0 Å². The Hall–Kier alpha value is -1.21. The lowest BCUT2D eigenvalue weighted by Gasteiger charge is -2.26. The predicted octanol–water partition coefficient (Wildman–Crippen LogP) is 7.05. The minimum absolute atomic E-state index is 0.154. The quantitative estimate of drug-likeness (QED) is 0.569. The molecule has 0 bridgehead atoms. The molecule has 0 N–H and O–H groups in total. The van der Waals surface area contributed by atoms with Crippen LogP contribution in [0.3, 0.4) is 0 Å². The summed E-state index contributed by atoms with van der Waals surface area (Å²) < 4.78 is 0. The highest BCUT2D eigenvalue weighted by atomic mass is 32.2. The molecule has 0 saturated carbocycles. The summed E-state index contributed by atoms with van der Waals surface area (Å²) in [6, 6.07) is 13.7. The highest BCUT2D eigenvalue weighted by molar-refractivity contribution is 7.99. The summed E-state index contributed by atoms with van der Waals surface area (Å²) in [5, 5.41) is 0. The Morgan fingerprint density at radius 1 is 0.609 bits per heavy atom. The van der Waals surface area contributed by atoms with Gasteiger partial charge in [0.25, 0.3) is 0 Å². The van der Waals surface area contributed by atoms with Crippen LogP contribution >= 0.6 is 11.8 Å². The molecule has 2 rings (SSSR count). The van der Waals surface area contributed by atoms with Gasteiger partial charge in [-0.1, -0.05) is 88.7 Å². The monoisotopic (exact) mass is 326 g/mol. The zero-order valence-electron chi connectivity index (χ0n) is 15.9. The van der Waals surface area contributed by atoms with Gasteiger partial charge in [-0.2, -0.15) is 0 Å². The van der Waals surface area contributed by atoms with E-state index in [9.17, 15) is 0 Å². The average molecular weight is 327 g/mol. The molecule has 0 heterocycles. The van der Waals surface area contributed by atoms with Gasteiger partial charge in [-0.25, -0.2) is 0 Å². The molecule has 0 saturated heterocycles. The van der Waals surface area contributed by atoms with Crippen molar-refractivity contribution < 1.29 is 0 Å². The predicted molar refractivity (Wildman–Crippen MR) is 104 cm³/mol. The van der Waals surface area contributed by atoms with Crippen molar-refractivity contribution >= 4 is 11.8 Å². The fourth-order valence-electron chi connectivity index (χ4n) is 2.76. The highest BCUT2D eigenvalue weighted by Crippen LogP contribution is 2.41. The van der Waals surface area contributed by atoms with E-state index in [-0.39, 0.29) is 10.8 Å². The summed E-state index contributed by atoms with van der Waals surface area (Å²) in [5.74, 6) is 0. The van der Waals surface area contributed by atoms with E-state index in [2.05, 4.69) is 91.8 Å². The lowest BCUT2D eigenvalue weighted by atomic mass is 9.86. The van der Waals surface area contributed by atoms with E-state index in [0.29, 0.717) is 0 Å². The fraction of sp³-hybridized carbons (Fsp3) is 0.455. The molecule has 2 aromatic rings. The van der Waals surface area contributed by atoms with E-state index >= 15 is 0 Å². The molecule has 0 atom stereocenters. The second kappa shape index (κ2) is 6.36. The van der Waals surface area contributed by atoms with Crippen LogP contribution in [0.5, 0.6) is 0 Å². The molecule has 0 fully saturated rings. The van der Waals surface area contributed by atoms with E-state index in [1.165, 1.54) is 32.0 Å². The Balaban J connectivity index is 2.53. The molecule has 0 radical (unpaired) electrons. The Labute approximate surface area is 146 Å². The van der Waals surface area contributed by atoms with Crippen molar-refractivity contribution in [3.05, 3.63) is 58.7 Å². The normalized spacial score (nSPS) is 12.5. The van der Waals surface area contributed by atoms with Crippen molar-refractivity contribution in [1.29, 1.82) is 0 Å². The molecule has 0 aromatic heterocycles. The zero-order chi connectivity index (χ0) is 17.4. The van der Waals surface area contributed by atoms with Gasteiger partial charge in [-0.15, -0.1) is 0 Å². The first-order valence-corrected chi connectivity index (χ1v) is 9.20. The summed E-state index contributed by atoms with van der Waals surface area (Å²) in [5.41, 5.74) is 5.84. The first kappa shape index (κ1) is 18.1. The first-order chi connectivity index (χ1) is 10.5. The molecule has 0 nitrogen and oxygen atoms in total. The molecule has 0 unspecified atom stereocenters. The molecule has 0 aliphatic heterocycles. The van der Waals surface area contributed by atoms with Crippen LogP contribution in [0, 0.1) is 13.8 Å². The maximum Gasteiger partial charge on any atom is 0.0160 e. The topological polar surface area (TPSA) is 0 Å². The van der Waals surface area contributed by atoms with Crippen molar-refractivity contribution in [2.24, 2.45) is 0 Å². The van der Waals surface area contributed by atoms with Crippen molar-refractivity contribution in [2.75, 3.05) is 0 Å². The van der Waals surface area contributed by atoms with Crippen molar-refractivity contribution in [3.63, 3.8) is 0 Å². The van der Waals surface area contributed by atoms with E-state index in [4.69, 9.17) is 0 Å². The lowest BCUT2D eigenvalue weighted by Crippen LogP contribution is -2.14. The van der Waals surface area contributed by atoms with Crippen LogP contribution in [-0.4, -0.2) is 0 Å². The number of aryl methyl sites for hydroxylation is 2. The van der Waals surface area contributed by atoms with Crippen molar-refractivity contribution in [3.8, 4) is 0 Å². The molecule has 2 aromatic carbocycles. The largest absolute Gasteiger partial charge is 0.0895 e. The van der Waals surface area contributed by atoms with Crippen LogP contribution in [0.25, 0.3) is 0 Å². The van der Waals surface area contributed by atoms with Crippen LogP contribution in [0.15, 0.2) is 46.2 Å². The summed E-state index contributed by atoms with van der Waals surface area (Å²) in [7, 11) is 0. The Kier molecular flexibility index (Phi) is 5.01. The number of hydrogen-bond donors (Lipinski definition) is 0. The Morgan fingerprint density at radius 3 is 1.26 bits per heavy atom. The average Bonchev–Trinajstić information content (AvgIpc) is 2.40. The van der Waals surface area contributed by atoms with Crippen LogP contribution in [0.4, 0.5) is 0 Å². The van der Waals surface area contributed by atoms with Crippen LogP contribution in [-0.2, 0) is 10.8 Å². The van der Waals surface area contributed by atoms with Gasteiger partial charge in [0.05, 0.1) is 0 Å². The molecule has 1 heteroatoms. The minimum atomic E-state index is 0.154. The highest BCUT2D eigenvalue weighted by Gasteiger charge is 2.22. The minimum Gasteiger partial charge on any atom is -0.0895 e. The van der Waals surface area contributed by atoms with Gasteiger partial charge in [-0.3, -0.25) is 0 Å². The van der Waals surface area contributed by atoms with Gasteiger partial charge in [0.2, 0.25) is 0 Å². The van der Waals surface area contributed by atoms with Crippen molar-refractivity contribution in [1.82, 2.24) is 0 Å². The van der Waals surface area contributed by atoms with Gasteiger partial charge in [0.15, 0.2) is 0 Å². The Bertz CT molecular complexity index is 635. The molecular weight excluding hydrogens is 296 g/mol. The molecule has 0 aliphatic rings. The Morgan fingerprint density at radius 2 is 0.957 bits per heavy atom. The van der Waals surface area contributed by atoms with Gasteiger partial charge in [-0.05, 0) is 47.9 Å². The van der Waals surface area contributed by atoms with Crippen molar-refractivity contribution in [2.45, 2.75) is 76.0 Å². The maximum atomic E-state index is 2.34. The summed E-state index contributed by atoms with van der Waals surface area (Å²) in [6.07, 6.45) is 0. The van der Waals surface area contributed by atoms with Gasteiger partial charge < -0.3 is 0 Å². The zero-order valence-corrected chi connectivity index (χ0v) is 16.7. The SMILES string of the molecule is Cc1ccc(Sc2ccc(C)cc2C(C)(C)C)c(C(C)(C)C)c1. The summed E-state index contributed by atoms with van der Waals surface area (Å²) in [6.45, 7) is 18.1. The number of benzene rings is 2. The van der Waals surface area contributed by atoms with E-state index in [1.807, 2.05) is 11.8 Å². The second-order valence-electron chi connectivity index (χ2n) is 8.60. The maximum absolute atomic E-state index is 2.34. The molecule has 0 aliphatic carbocycles. The van der Waals surface area contributed by atoms with Gasteiger partial charge in [0, 0.05) is 9.79 Å². The third kappa shape index (κ3) is 4.41. The third-order valence-electron chi connectivity index (χ3n) is 4.11. The molecule has 124 valence electrons. The number of rotatable bonds is 2. The molecular formula is C22H30S. The smallest absolute Gasteiger partial charge is 0.0160 e. The molecule has 0 spiro atoms. The van der Waals surface area contributed by atoms with Gasteiger partial charge >= 0.3 is 0 Å². The number of hydrogen-bond acceptors (Lipinski definition) is 1. The van der Waals surface area contributed by atoms with Crippen LogP contribution in [0.2, 0.25) is 0 Å². The van der Waals surface area contributed by atoms with Crippen LogP contribution < -0.4 is 0 Å². The van der Waals surface area contributed by atoms with E-state index in [1.54, 1.807) is 0 Å². The second-order valence-corrected chi connectivity index (χ2v) is 9.69. The van der Waals surface area contributed by atoms with Gasteiger partial charge in [0.1, 0.15) is 0 Å². The molecule has 0 amide bonds. The fourth-order valence-corrected chi connectivity index (χ4v) is 4.22. The molecule has 23 heavy (non-hydrogen) atoms. The lowest BCUT2D eigenvalue weighted by molar-refractivity contribution is 0.574. The standard InChI is InChI=1S/C22H30S/c1-15-9-11-19(17(13-15)21(3,4)5)23-20-12-10-16(2)14-18(20)22(6,7)8/h9-14H,1-8H3. The first-order valence-electron chi connectivity index (χ1n) is 8.38. The van der Waals surface area contributed by atoms with Crippen LogP contribution in [0.1, 0.15) is 63.8 Å².